The molecule has 0 heterocycles. The Bertz CT molecular complexity index is 26.5. The van der Waals surface area contributed by atoms with Crippen LogP contribution in [0.2, 0.25) is 0 Å². The predicted molar refractivity (Wildman–Crippen MR) is 21.8 cm³/mol. The van der Waals surface area contributed by atoms with E-state index in [9.17, 15) is 5.11 Å². The van der Waals surface area contributed by atoms with E-state index in [0.717, 1.165) is 0 Å². The summed E-state index contributed by atoms with van der Waals surface area (Å²) in [6, 6.07) is 0. The number of hydrogen-bond acceptors (Lipinski definition) is 1. The van der Waals surface area contributed by atoms with E-state index < -0.39 is 12.2 Å². The molecular weight excluding hydrogens is 80.0 g/mol. The predicted octanol–water partition coefficient (Wildman–Crippen LogP) is 0.186. The summed E-state index contributed by atoms with van der Waals surface area (Å²) in [6.45, 7) is 2.92. The van der Waals surface area contributed by atoms with Gasteiger partial charge in [0.1, 0.15) is 6.10 Å². The summed E-state index contributed by atoms with van der Waals surface area (Å²) in [7, 11) is 0. The summed E-state index contributed by atoms with van der Waals surface area (Å²) >= 11 is 0. The lowest BCUT2D eigenvalue weighted by Crippen LogP contribution is -2.15. The van der Waals surface area contributed by atoms with Crippen molar-refractivity contribution in [1.82, 2.24) is 0 Å². The molecule has 0 saturated carbocycles. The zero-order chi connectivity index (χ0) is 5.15. The molecule has 0 bridgehead atoms. The van der Waals surface area contributed by atoms with Gasteiger partial charge in [-0.25, -0.2) is 5.11 Å². The summed E-state index contributed by atoms with van der Waals surface area (Å²) in [5.74, 6) is 0. The molecule has 0 aliphatic rings. The number of rotatable bonds is 1. The minimum atomic E-state index is -0.843. The van der Waals surface area contributed by atoms with Crippen LogP contribution in [0, 0.1) is 0 Å². The Hall–Kier alpha value is -0.0800. The van der Waals surface area contributed by atoms with Gasteiger partial charge in [0.2, 0.25) is 0 Å². The Balaban J connectivity index is 2.99. The van der Waals surface area contributed by atoms with E-state index in [4.69, 9.17) is 5.11 Å². The van der Waals surface area contributed by atoms with E-state index in [1.54, 1.807) is 0 Å². The Labute approximate surface area is 37.4 Å². The van der Waals surface area contributed by atoms with E-state index in [0.29, 0.717) is 0 Å². The fourth-order valence-electron chi connectivity index (χ4n) is 0. The van der Waals surface area contributed by atoms with Crippen LogP contribution in [0.25, 0.3) is 0 Å². The molecule has 0 fully saturated rings. The maximum absolute atomic E-state index is 9.98. The van der Waals surface area contributed by atoms with E-state index in [2.05, 4.69) is 0 Å². The Morgan fingerprint density at radius 1 is 1.50 bits per heavy atom. The highest BCUT2D eigenvalue weighted by Gasteiger charge is 2.02. The van der Waals surface area contributed by atoms with Crippen LogP contribution in [0.4, 0.5) is 0 Å². The Morgan fingerprint density at radius 2 is 1.67 bits per heavy atom. The monoisotopic (exact) mass is 89.1 g/mol. The lowest BCUT2D eigenvalue weighted by Gasteiger charge is -2.00. The first-order valence-electron chi connectivity index (χ1n) is 1.98. The van der Waals surface area contributed by atoms with Crippen molar-refractivity contribution < 1.29 is 10.2 Å². The van der Waals surface area contributed by atoms with Crippen LogP contribution in [0.1, 0.15) is 13.8 Å². The van der Waals surface area contributed by atoms with Gasteiger partial charge in [-0.1, -0.05) is 0 Å². The second-order valence-electron chi connectivity index (χ2n) is 1.45. The molecule has 1 radical (unpaired) electrons. The highest BCUT2D eigenvalue weighted by Crippen LogP contribution is 1.86. The molecule has 0 aliphatic carbocycles. The van der Waals surface area contributed by atoms with Crippen LogP contribution in [0.5, 0.6) is 0 Å². The van der Waals surface area contributed by atoms with Gasteiger partial charge in [-0.15, -0.1) is 0 Å². The van der Waals surface area contributed by atoms with Crippen LogP contribution < -0.4 is 0 Å². The normalized spacial score (nSPS) is 20.0. The quantitative estimate of drug-likeness (QED) is 0.489. The van der Waals surface area contributed by atoms with Crippen molar-refractivity contribution >= 4 is 0 Å². The van der Waals surface area contributed by atoms with E-state index in [1.807, 2.05) is 0 Å². The highest BCUT2D eigenvalue weighted by atomic mass is 16.3. The number of hydrogen-bond donors (Lipinski definition) is 1. The van der Waals surface area contributed by atoms with Gasteiger partial charge in [0, 0.05) is 0 Å². The average Bonchev–Trinajstić information content (AvgIpc) is 1.36. The highest BCUT2D eigenvalue weighted by molar-refractivity contribution is 4.50. The first kappa shape index (κ1) is 5.92. The molecule has 0 aromatic rings. The zero-order valence-corrected chi connectivity index (χ0v) is 4.01. The first-order valence-corrected chi connectivity index (χ1v) is 1.98. The average molecular weight is 89.1 g/mol. The minimum absolute atomic E-state index is 0.704. The largest absolute Gasteiger partial charge is 0.391 e. The maximum Gasteiger partial charge on any atom is 0.116 e. The molecule has 0 aromatic carbocycles. The van der Waals surface area contributed by atoms with Gasteiger partial charge in [-0.05, 0) is 13.8 Å². The van der Waals surface area contributed by atoms with Gasteiger partial charge in [0.05, 0.1) is 6.10 Å². The van der Waals surface area contributed by atoms with Gasteiger partial charge >= 0.3 is 0 Å². The smallest absolute Gasteiger partial charge is 0.116 e. The lowest BCUT2D eigenvalue weighted by atomic mass is 10.3. The van der Waals surface area contributed by atoms with Crippen molar-refractivity contribution in [1.29, 1.82) is 0 Å². The van der Waals surface area contributed by atoms with Gasteiger partial charge in [0.15, 0.2) is 0 Å². The summed E-state index contributed by atoms with van der Waals surface area (Å²) < 4.78 is 0. The molecule has 1 N–H and O–H groups in total. The first-order chi connectivity index (χ1) is 2.64. The van der Waals surface area contributed by atoms with Crippen LogP contribution in [-0.4, -0.2) is 17.3 Å². The standard InChI is InChI=1S/C4H9O2/c1-3(5)4(2)6/h3-5H,1-2H3/t3-,4-/m1/s1. The van der Waals surface area contributed by atoms with Crippen molar-refractivity contribution in [3.05, 3.63) is 0 Å². The summed E-state index contributed by atoms with van der Waals surface area (Å²) in [4.78, 5) is 0. The molecule has 0 spiro atoms. The van der Waals surface area contributed by atoms with Gasteiger partial charge in [-0.3, -0.25) is 0 Å². The second kappa shape index (κ2) is 2.16. The molecule has 0 rings (SSSR count). The third-order valence-corrected chi connectivity index (χ3v) is 0.679. The summed E-state index contributed by atoms with van der Waals surface area (Å²) in [5.41, 5.74) is 0. The molecule has 2 atom stereocenters. The van der Waals surface area contributed by atoms with Gasteiger partial charge < -0.3 is 5.11 Å². The van der Waals surface area contributed by atoms with Crippen molar-refractivity contribution in [2.75, 3.05) is 0 Å². The van der Waals surface area contributed by atoms with Gasteiger partial charge in [0.25, 0.3) is 0 Å². The molecule has 0 unspecified atom stereocenters. The fourth-order valence-corrected chi connectivity index (χ4v) is 0. The van der Waals surface area contributed by atoms with Crippen LogP contribution in [-0.2, 0) is 5.11 Å². The zero-order valence-electron chi connectivity index (χ0n) is 4.01. The van der Waals surface area contributed by atoms with Crippen molar-refractivity contribution in [2.45, 2.75) is 26.1 Å². The molecule has 2 heteroatoms. The van der Waals surface area contributed by atoms with Crippen molar-refractivity contribution in [2.24, 2.45) is 0 Å². The third-order valence-electron chi connectivity index (χ3n) is 0.679. The van der Waals surface area contributed by atoms with E-state index in [-0.39, 0.29) is 0 Å². The summed E-state index contributed by atoms with van der Waals surface area (Å²) in [6.07, 6.45) is -1.55. The van der Waals surface area contributed by atoms with E-state index >= 15 is 0 Å². The SMILES string of the molecule is C[C@@H]([O])[C@@H](C)O. The number of aliphatic hydroxyl groups excluding tert-OH is 1. The van der Waals surface area contributed by atoms with E-state index in [1.165, 1.54) is 13.8 Å². The van der Waals surface area contributed by atoms with Crippen LogP contribution >= 0.6 is 0 Å². The van der Waals surface area contributed by atoms with Crippen molar-refractivity contribution in [3.8, 4) is 0 Å². The molecule has 0 aromatic heterocycles. The van der Waals surface area contributed by atoms with Gasteiger partial charge in [-0.2, -0.15) is 0 Å². The van der Waals surface area contributed by atoms with Crippen molar-refractivity contribution in [3.63, 3.8) is 0 Å². The molecule has 2 nitrogen and oxygen atoms in total. The lowest BCUT2D eigenvalue weighted by molar-refractivity contribution is -0.00321. The molecule has 0 saturated heterocycles. The van der Waals surface area contributed by atoms with Crippen LogP contribution in [0.15, 0.2) is 0 Å². The third kappa shape index (κ3) is 2.18. The Kier molecular flexibility index (Phi) is 2.13. The van der Waals surface area contributed by atoms with Crippen LogP contribution in [0.3, 0.4) is 0 Å². The number of aliphatic hydroxyl groups is 1. The maximum atomic E-state index is 9.98. The molecule has 37 valence electrons. The topological polar surface area (TPSA) is 40.1 Å². The molecular formula is C4H9O2. The molecule has 6 heavy (non-hydrogen) atoms. The second-order valence-corrected chi connectivity index (χ2v) is 1.45. The molecule has 0 aliphatic heterocycles. The summed E-state index contributed by atoms with van der Waals surface area (Å²) in [5, 5.41) is 18.3. The molecule has 0 amide bonds. The minimum Gasteiger partial charge on any atom is -0.391 e. The fraction of sp³-hybridized carbons (Fsp3) is 1.00. The Morgan fingerprint density at radius 3 is 1.67 bits per heavy atom.